The van der Waals surface area contributed by atoms with Crippen LogP contribution in [0.3, 0.4) is 0 Å². The van der Waals surface area contributed by atoms with Crippen molar-refractivity contribution in [2.24, 2.45) is 0 Å². The highest BCUT2D eigenvalue weighted by molar-refractivity contribution is 7.89. The van der Waals surface area contributed by atoms with Crippen LogP contribution in [0.25, 0.3) is 0 Å². The molecule has 2 amide bonds. The highest BCUT2D eigenvalue weighted by Gasteiger charge is 2.29. The number of carbonyl (C=O) groups is 3. The molecule has 1 aromatic rings. The van der Waals surface area contributed by atoms with Gasteiger partial charge in [0, 0.05) is 0 Å². The van der Waals surface area contributed by atoms with Crippen molar-refractivity contribution in [1.82, 2.24) is 9.62 Å². The Balaban J connectivity index is 2.09. The molecule has 130 valence electrons. The first-order chi connectivity index (χ1) is 11.3. The van der Waals surface area contributed by atoms with Crippen molar-refractivity contribution in [3.8, 4) is 0 Å². The minimum absolute atomic E-state index is 0.0724. The predicted molar refractivity (Wildman–Crippen MR) is 81.0 cm³/mol. The van der Waals surface area contributed by atoms with Crippen LogP contribution in [0.15, 0.2) is 23.1 Å². The summed E-state index contributed by atoms with van der Waals surface area (Å²) in [5.41, 5.74) is -0.106. The summed E-state index contributed by atoms with van der Waals surface area (Å²) in [5.74, 6) is -1.66. The molecule has 0 radical (unpaired) electrons. The van der Waals surface area contributed by atoms with Crippen LogP contribution in [0.5, 0.6) is 0 Å². The topological polar surface area (TPSA) is 119 Å². The van der Waals surface area contributed by atoms with Crippen LogP contribution < -0.4 is 4.72 Å². The lowest BCUT2D eigenvalue weighted by Crippen LogP contribution is -2.35. The summed E-state index contributed by atoms with van der Waals surface area (Å²) < 4.78 is 35.1. The molecule has 1 saturated heterocycles. The highest BCUT2D eigenvalue weighted by Crippen LogP contribution is 2.22. The van der Waals surface area contributed by atoms with Gasteiger partial charge >= 0.3 is 12.1 Å². The molecule has 24 heavy (non-hydrogen) atoms. The largest absolute Gasteiger partial charge is 0.452 e. The first-order valence-electron chi connectivity index (χ1n) is 6.63. The van der Waals surface area contributed by atoms with Crippen molar-refractivity contribution in [3.63, 3.8) is 0 Å². The molecule has 1 N–H and O–H groups in total. The average Bonchev–Trinajstić information content (AvgIpc) is 2.98. The molecule has 1 fully saturated rings. The lowest BCUT2D eigenvalue weighted by molar-refractivity contribution is -0.131. The number of halogens is 1. The third-order valence-electron chi connectivity index (χ3n) is 3.11. The van der Waals surface area contributed by atoms with Crippen LogP contribution in [-0.2, 0) is 24.3 Å². The third-order valence-corrected chi connectivity index (χ3v) is 5.01. The second kappa shape index (κ2) is 7.16. The maximum atomic E-state index is 12.0. The first-order valence-corrected chi connectivity index (χ1v) is 8.49. The molecule has 0 aliphatic carbocycles. The van der Waals surface area contributed by atoms with Crippen molar-refractivity contribution in [3.05, 3.63) is 28.8 Å². The van der Waals surface area contributed by atoms with Crippen LogP contribution in [0.4, 0.5) is 4.79 Å². The summed E-state index contributed by atoms with van der Waals surface area (Å²) in [6.07, 6.45) is -0.801. The van der Waals surface area contributed by atoms with E-state index < -0.39 is 34.6 Å². The number of carbonyl (C=O) groups excluding carboxylic acids is 3. The number of hydrogen-bond acceptors (Lipinski definition) is 7. The van der Waals surface area contributed by atoms with E-state index >= 15 is 0 Å². The van der Waals surface area contributed by atoms with E-state index in [1.165, 1.54) is 19.2 Å². The van der Waals surface area contributed by atoms with Crippen LogP contribution in [0.2, 0.25) is 5.02 Å². The Bertz CT molecular complexity index is 794. The van der Waals surface area contributed by atoms with E-state index in [-0.39, 0.29) is 28.6 Å². The second-order valence-electron chi connectivity index (χ2n) is 4.59. The number of nitrogens with zero attached hydrogens (tertiary/aromatic N) is 1. The van der Waals surface area contributed by atoms with Crippen LogP contribution in [0.1, 0.15) is 10.4 Å². The molecular formula is C13H13ClN2O7S. The number of cyclic esters (lactones) is 1. The molecule has 0 saturated carbocycles. The molecule has 0 spiro atoms. The van der Waals surface area contributed by atoms with E-state index in [9.17, 15) is 22.8 Å². The first kappa shape index (κ1) is 18.2. The summed E-state index contributed by atoms with van der Waals surface area (Å²) in [4.78, 5) is 35.4. The van der Waals surface area contributed by atoms with E-state index in [2.05, 4.69) is 9.46 Å². The summed E-state index contributed by atoms with van der Waals surface area (Å²) in [6, 6.07) is 3.51. The molecule has 11 heteroatoms. The Kier molecular flexibility index (Phi) is 5.42. The van der Waals surface area contributed by atoms with Gasteiger partial charge in [-0.3, -0.25) is 4.79 Å². The van der Waals surface area contributed by atoms with Crippen molar-refractivity contribution in [2.75, 3.05) is 26.8 Å². The molecule has 0 atom stereocenters. The molecule has 0 aromatic heterocycles. The summed E-state index contributed by atoms with van der Waals surface area (Å²) >= 11 is 5.81. The second-order valence-corrected chi connectivity index (χ2v) is 6.85. The normalized spacial score (nSPS) is 14.4. The number of esters is 1. The van der Waals surface area contributed by atoms with E-state index in [0.717, 1.165) is 11.0 Å². The Morgan fingerprint density at radius 1 is 1.42 bits per heavy atom. The number of hydrogen-bond donors (Lipinski definition) is 1. The van der Waals surface area contributed by atoms with Crippen LogP contribution >= 0.6 is 11.6 Å². The Labute approximate surface area is 142 Å². The quantitative estimate of drug-likeness (QED) is 0.738. The smallest absolute Gasteiger partial charge is 0.416 e. The van der Waals surface area contributed by atoms with E-state index in [1.807, 2.05) is 0 Å². The molecule has 1 aliphatic rings. The molecular weight excluding hydrogens is 364 g/mol. The SMILES string of the molecule is CNS(=O)(=O)c1cc(C(=O)OCC(=O)N2CCOC2=O)ccc1Cl. The summed E-state index contributed by atoms with van der Waals surface area (Å²) in [5, 5.41) is -0.0724. The van der Waals surface area contributed by atoms with Crippen molar-refractivity contribution in [1.29, 1.82) is 0 Å². The summed E-state index contributed by atoms with van der Waals surface area (Å²) in [7, 11) is -2.66. The highest BCUT2D eigenvalue weighted by atomic mass is 35.5. The van der Waals surface area contributed by atoms with Gasteiger partial charge in [-0.2, -0.15) is 0 Å². The number of ether oxygens (including phenoxy) is 2. The molecule has 2 rings (SSSR count). The number of benzene rings is 1. The molecule has 0 bridgehead atoms. The van der Waals surface area contributed by atoms with Crippen molar-refractivity contribution in [2.45, 2.75) is 4.90 Å². The van der Waals surface area contributed by atoms with Crippen LogP contribution in [-0.4, -0.2) is 58.1 Å². The van der Waals surface area contributed by atoms with Gasteiger partial charge in [-0.05, 0) is 25.2 Å². The Morgan fingerprint density at radius 3 is 2.71 bits per heavy atom. The van der Waals surface area contributed by atoms with E-state index in [1.54, 1.807) is 0 Å². The number of nitrogens with one attached hydrogen (secondary N) is 1. The fourth-order valence-corrected chi connectivity index (χ4v) is 3.10. The van der Waals surface area contributed by atoms with Crippen LogP contribution in [0, 0.1) is 0 Å². The zero-order valence-electron chi connectivity index (χ0n) is 12.4. The fraction of sp³-hybridized carbons (Fsp3) is 0.308. The van der Waals surface area contributed by atoms with Gasteiger partial charge in [-0.15, -0.1) is 0 Å². The molecule has 1 aromatic carbocycles. The zero-order valence-corrected chi connectivity index (χ0v) is 14.0. The molecule has 9 nitrogen and oxygen atoms in total. The van der Waals surface area contributed by atoms with Gasteiger partial charge in [-0.25, -0.2) is 27.6 Å². The fourth-order valence-electron chi connectivity index (χ4n) is 1.85. The Hall–Kier alpha value is -2.17. The van der Waals surface area contributed by atoms with E-state index in [4.69, 9.17) is 16.3 Å². The van der Waals surface area contributed by atoms with Gasteiger partial charge in [0.05, 0.1) is 17.1 Å². The van der Waals surface area contributed by atoms with Gasteiger partial charge in [0.15, 0.2) is 6.61 Å². The maximum absolute atomic E-state index is 12.0. The lowest BCUT2D eigenvalue weighted by Gasteiger charge is -2.11. The lowest BCUT2D eigenvalue weighted by atomic mass is 10.2. The zero-order chi connectivity index (χ0) is 17.9. The van der Waals surface area contributed by atoms with Gasteiger partial charge < -0.3 is 9.47 Å². The minimum Gasteiger partial charge on any atom is -0.452 e. The number of imide groups is 1. The van der Waals surface area contributed by atoms with Gasteiger partial charge in [0.2, 0.25) is 10.0 Å². The van der Waals surface area contributed by atoms with E-state index in [0.29, 0.717) is 0 Å². The maximum Gasteiger partial charge on any atom is 0.416 e. The molecule has 1 aliphatic heterocycles. The standard InChI is InChI=1S/C13H13ClN2O7S/c1-15-24(20,21)10-6-8(2-3-9(10)14)12(18)23-7-11(17)16-4-5-22-13(16)19/h2-3,6,15H,4-5,7H2,1H3. The third kappa shape index (κ3) is 3.83. The molecule has 0 unspecified atom stereocenters. The molecule has 1 heterocycles. The van der Waals surface area contributed by atoms with Gasteiger partial charge in [-0.1, -0.05) is 11.6 Å². The number of sulfonamides is 1. The minimum atomic E-state index is -3.86. The van der Waals surface area contributed by atoms with Gasteiger partial charge in [0.25, 0.3) is 5.91 Å². The van der Waals surface area contributed by atoms with Gasteiger partial charge in [0.1, 0.15) is 11.5 Å². The Morgan fingerprint density at radius 2 is 2.12 bits per heavy atom. The van der Waals surface area contributed by atoms with Crippen molar-refractivity contribution < 1.29 is 32.3 Å². The summed E-state index contributed by atoms with van der Waals surface area (Å²) in [6.45, 7) is -0.508. The van der Waals surface area contributed by atoms with Crippen molar-refractivity contribution >= 4 is 39.6 Å². The number of amides is 2. The average molecular weight is 377 g/mol. The number of rotatable bonds is 5. The monoisotopic (exact) mass is 376 g/mol. The predicted octanol–water partition coefficient (Wildman–Crippen LogP) is 0.384.